The fraction of sp³-hybridized carbons (Fsp3) is 0.143. The average molecular weight is 485 g/mol. The van der Waals surface area contributed by atoms with E-state index in [1.165, 1.54) is 23.0 Å². The van der Waals surface area contributed by atoms with Gasteiger partial charge in [0.05, 0.1) is 24.0 Å². The van der Waals surface area contributed by atoms with Crippen molar-refractivity contribution >= 4 is 23.6 Å². The molecule has 11 nitrogen and oxygen atoms in total. The van der Waals surface area contributed by atoms with E-state index in [0.29, 0.717) is 11.3 Å². The maximum atomic E-state index is 12.8. The van der Waals surface area contributed by atoms with Crippen LogP contribution in [0.4, 0.5) is 24.7 Å². The van der Waals surface area contributed by atoms with Gasteiger partial charge in [0.15, 0.2) is 5.69 Å². The van der Waals surface area contributed by atoms with Crippen molar-refractivity contribution in [2.24, 2.45) is 5.10 Å². The molecule has 0 aliphatic rings. The average Bonchev–Trinajstić information content (AvgIpc) is 3.45. The minimum absolute atomic E-state index is 0.0502. The molecule has 0 saturated carbocycles. The monoisotopic (exact) mass is 485 g/mol. The van der Waals surface area contributed by atoms with Gasteiger partial charge in [-0.1, -0.05) is 35.5 Å². The van der Waals surface area contributed by atoms with Crippen molar-refractivity contribution in [2.75, 3.05) is 17.7 Å². The van der Waals surface area contributed by atoms with Crippen molar-refractivity contribution in [3.8, 4) is 5.82 Å². The van der Waals surface area contributed by atoms with Crippen molar-refractivity contribution in [3.05, 3.63) is 77.1 Å². The largest absolute Gasteiger partial charge is 0.416 e. The van der Waals surface area contributed by atoms with Gasteiger partial charge >= 0.3 is 6.18 Å². The summed E-state index contributed by atoms with van der Waals surface area (Å²) in [5, 5.41) is 18.9. The van der Waals surface area contributed by atoms with Crippen LogP contribution in [0.25, 0.3) is 5.82 Å². The van der Waals surface area contributed by atoms with Crippen LogP contribution in [0.2, 0.25) is 0 Å². The van der Waals surface area contributed by atoms with Crippen LogP contribution in [0.15, 0.2) is 64.3 Å². The Hall–Kier alpha value is -4.75. The molecule has 2 aromatic heterocycles. The standard InChI is InChI=1S/C21H18F3N9O2/c1-32(15-5-3-2-4-6-15)12-16-17(27-31-33(16)19-18(25)29-35-30-19)20(34)28-26-11-13-7-9-14(10-8-13)21(22,23)24/h2-11H,12H2,1H3,(H2,25,29)(H,28,34). The minimum atomic E-state index is -4.44. The van der Waals surface area contributed by atoms with Gasteiger partial charge < -0.3 is 10.6 Å². The van der Waals surface area contributed by atoms with Crippen molar-refractivity contribution in [1.82, 2.24) is 30.7 Å². The van der Waals surface area contributed by atoms with Gasteiger partial charge in [0, 0.05) is 12.7 Å². The molecule has 35 heavy (non-hydrogen) atoms. The fourth-order valence-corrected chi connectivity index (χ4v) is 3.10. The fourth-order valence-electron chi connectivity index (χ4n) is 3.10. The second-order valence-electron chi connectivity index (χ2n) is 7.28. The van der Waals surface area contributed by atoms with Crippen molar-refractivity contribution < 1.29 is 22.6 Å². The number of benzene rings is 2. The Bertz CT molecular complexity index is 1330. The number of carbonyl (C=O) groups is 1. The van der Waals surface area contributed by atoms with Crippen LogP contribution in [-0.2, 0) is 12.7 Å². The molecule has 1 amide bonds. The molecule has 0 fully saturated rings. The second-order valence-corrected chi connectivity index (χ2v) is 7.28. The van der Waals surface area contributed by atoms with Gasteiger partial charge in [-0.05, 0) is 40.1 Å². The number of rotatable bonds is 7. The number of nitrogens with zero attached hydrogens (tertiary/aromatic N) is 7. The van der Waals surface area contributed by atoms with Crippen LogP contribution in [-0.4, -0.2) is 44.5 Å². The lowest BCUT2D eigenvalue weighted by molar-refractivity contribution is -0.137. The summed E-state index contributed by atoms with van der Waals surface area (Å²) in [5.74, 6) is -0.696. The highest BCUT2D eigenvalue weighted by Crippen LogP contribution is 2.28. The molecule has 2 heterocycles. The van der Waals surface area contributed by atoms with Crippen LogP contribution in [0.1, 0.15) is 27.3 Å². The lowest BCUT2D eigenvalue weighted by Crippen LogP contribution is -2.24. The molecule has 14 heteroatoms. The summed E-state index contributed by atoms with van der Waals surface area (Å²) in [6, 6.07) is 13.7. The number of alkyl halides is 3. The molecule has 2 aromatic carbocycles. The number of hydrogen-bond acceptors (Lipinski definition) is 9. The summed E-state index contributed by atoms with van der Waals surface area (Å²) in [7, 11) is 1.81. The molecule has 0 aliphatic heterocycles. The maximum absolute atomic E-state index is 12.8. The SMILES string of the molecule is CN(Cc1c(C(=O)NN=Cc2ccc(C(F)(F)F)cc2)nnn1-c1nonc1N)c1ccccc1. The van der Waals surface area contributed by atoms with E-state index in [1.54, 1.807) is 0 Å². The van der Waals surface area contributed by atoms with Crippen LogP contribution in [0.3, 0.4) is 0 Å². The Balaban J connectivity index is 1.56. The van der Waals surface area contributed by atoms with Crippen LogP contribution in [0, 0.1) is 0 Å². The van der Waals surface area contributed by atoms with Crippen molar-refractivity contribution in [2.45, 2.75) is 12.7 Å². The molecule has 3 N–H and O–H groups in total. The molecule has 180 valence electrons. The van der Waals surface area contributed by atoms with Crippen LogP contribution in [0.5, 0.6) is 0 Å². The zero-order valence-electron chi connectivity index (χ0n) is 18.1. The van der Waals surface area contributed by atoms with E-state index in [9.17, 15) is 18.0 Å². The van der Waals surface area contributed by atoms with Gasteiger partial charge in [-0.2, -0.15) is 23.0 Å². The topological polar surface area (TPSA) is 140 Å². The number of halogens is 3. The predicted molar refractivity (Wildman–Crippen MR) is 119 cm³/mol. The van der Waals surface area contributed by atoms with E-state index >= 15 is 0 Å². The van der Waals surface area contributed by atoms with Crippen LogP contribution >= 0.6 is 0 Å². The Kier molecular flexibility index (Phi) is 6.44. The zero-order chi connectivity index (χ0) is 25.0. The Morgan fingerprint density at radius 3 is 2.51 bits per heavy atom. The highest BCUT2D eigenvalue weighted by molar-refractivity contribution is 5.94. The summed E-state index contributed by atoms with van der Waals surface area (Å²) < 4.78 is 44.0. The van der Waals surface area contributed by atoms with Crippen LogP contribution < -0.4 is 16.1 Å². The maximum Gasteiger partial charge on any atom is 0.416 e. The number of anilines is 2. The Morgan fingerprint density at radius 1 is 1.17 bits per heavy atom. The first-order chi connectivity index (χ1) is 16.7. The third-order valence-corrected chi connectivity index (χ3v) is 4.88. The molecule has 0 atom stereocenters. The van der Waals surface area contributed by atoms with Crippen molar-refractivity contribution in [1.29, 1.82) is 0 Å². The molecular formula is C21H18F3N9O2. The molecule has 0 saturated heterocycles. The van der Waals surface area contributed by atoms with E-state index in [4.69, 9.17) is 5.73 Å². The summed E-state index contributed by atoms with van der Waals surface area (Å²) >= 11 is 0. The van der Waals surface area contributed by atoms with E-state index in [-0.39, 0.29) is 23.9 Å². The second kappa shape index (κ2) is 9.62. The lowest BCUT2D eigenvalue weighted by Gasteiger charge is -2.19. The first-order valence-corrected chi connectivity index (χ1v) is 10.0. The molecule has 4 aromatic rings. The first-order valence-electron chi connectivity index (χ1n) is 10.0. The molecule has 0 radical (unpaired) electrons. The van der Waals surface area contributed by atoms with E-state index in [2.05, 4.69) is 35.8 Å². The number of hydrogen-bond donors (Lipinski definition) is 2. The van der Waals surface area contributed by atoms with Gasteiger partial charge in [-0.25, -0.2) is 10.1 Å². The zero-order valence-corrected chi connectivity index (χ0v) is 18.1. The number of carbonyl (C=O) groups excluding carboxylic acids is 1. The van der Waals surface area contributed by atoms with Gasteiger partial charge in [0.25, 0.3) is 5.91 Å². The number of aromatic nitrogens is 5. The number of amides is 1. The minimum Gasteiger partial charge on any atom is -0.378 e. The number of nitrogen functional groups attached to an aromatic ring is 1. The smallest absolute Gasteiger partial charge is 0.378 e. The first kappa shape index (κ1) is 23.4. The number of nitrogens with one attached hydrogen (secondary N) is 1. The number of para-hydroxylation sites is 1. The Morgan fingerprint density at radius 2 is 1.89 bits per heavy atom. The third kappa shape index (κ3) is 5.26. The van der Waals surface area contributed by atoms with Gasteiger partial charge in [0.2, 0.25) is 11.6 Å². The predicted octanol–water partition coefficient (Wildman–Crippen LogP) is 2.65. The normalized spacial score (nSPS) is 11.7. The van der Waals surface area contributed by atoms with Gasteiger partial charge in [0.1, 0.15) is 0 Å². The molecular weight excluding hydrogens is 467 g/mol. The molecule has 4 rings (SSSR count). The highest BCUT2D eigenvalue weighted by atomic mass is 19.4. The van der Waals surface area contributed by atoms with E-state index in [1.807, 2.05) is 42.3 Å². The Labute approximate surface area is 196 Å². The quantitative estimate of drug-likeness (QED) is 0.301. The van der Waals surface area contributed by atoms with E-state index < -0.39 is 17.6 Å². The lowest BCUT2D eigenvalue weighted by atomic mass is 10.1. The summed E-state index contributed by atoms with van der Waals surface area (Å²) in [6.45, 7) is 0.175. The molecule has 0 aliphatic carbocycles. The summed E-state index contributed by atoms with van der Waals surface area (Å²) in [5.41, 5.74) is 8.77. The molecule has 0 unspecified atom stereocenters. The van der Waals surface area contributed by atoms with E-state index in [0.717, 1.165) is 17.8 Å². The summed E-state index contributed by atoms with van der Waals surface area (Å²) in [6.07, 6.45) is -3.24. The molecule has 0 bridgehead atoms. The van der Waals surface area contributed by atoms with Crippen molar-refractivity contribution in [3.63, 3.8) is 0 Å². The molecule has 0 spiro atoms. The summed E-state index contributed by atoms with van der Waals surface area (Å²) in [4.78, 5) is 14.7. The van der Waals surface area contributed by atoms with Gasteiger partial charge in [-0.3, -0.25) is 4.79 Å². The number of hydrazone groups is 1. The highest BCUT2D eigenvalue weighted by Gasteiger charge is 2.30. The van der Waals surface area contributed by atoms with Gasteiger partial charge in [-0.15, -0.1) is 5.10 Å². The number of nitrogens with two attached hydrogens (primary N) is 1. The third-order valence-electron chi connectivity index (χ3n) is 4.88.